The van der Waals surface area contributed by atoms with Crippen LogP contribution < -0.4 is 0 Å². The SMILES string of the molecule is CCC(C)CCC1COC(c2ccc(N=C=S)cc2)OC1. The van der Waals surface area contributed by atoms with E-state index in [0.29, 0.717) is 5.92 Å². The fourth-order valence-electron chi connectivity index (χ4n) is 2.39. The van der Waals surface area contributed by atoms with Gasteiger partial charge in [0.15, 0.2) is 6.29 Å². The fourth-order valence-corrected chi connectivity index (χ4v) is 2.49. The molecule has 0 spiro atoms. The number of isothiocyanates is 1. The van der Waals surface area contributed by atoms with Crippen molar-refractivity contribution in [2.24, 2.45) is 16.8 Å². The van der Waals surface area contributed by atoms with Crippen LogP contribution in [0.5, 0.6) is 0 Å². The van der Waals surface area contributed by atoms with Gasteiger partial charge in [0.05, 0.1) is 24.1 Å². The van der Waals surface area contributed by atoms with Crippen LogP contribution in [0.15, 0.2) is 29.3 Å². The van der Waals surface area contributed by atoms with E-state index >= 15 is 0 Å². The quantitative estimate of drug-likeness (QED) is 0.553. The van der Waals surface area contributed by atoms with Crippen LogP contribution in [0.1, 0.15) is 45.0 Å². The van der Waals surface area contributed by atoms with Crippen molar-refractivity contribution in [3.05, 3.63) is 29.8 Å². The monoisotopic (exact) mass is 305 g/mol. The van der Waals surface area contributed by atoms with E-state index < -0.39 is 0 Å². The molecule has 0 aliphatic carbocycles. The van der Waals surface area contributed by atoms with Crippen molar-refractivity contribution in [1.82, 2.24) is 0 Å². The molecular formula is C17H23NO2S. The first-order valence-electron chi connectivity index (χ1n) is 7.64. The molecule has 21 heavy (non-hydrogen) atoms. The number of rotatable bonds is 6. The van der Waals surface area contributed by atoms with Gasteiger partial charge in [-0.2, -0.15) is 4.99 Å². The van der Waals surface area contributed by atoms with Crippen LogP contribution in [0.2, 0.25) is 0 Å². The van der Waals surface area contributed by atoms with E-state index in [1.807, 2.05) is 24.3 Å². The summed E-state index contributed by atoms with van der Waals surface area (Å²) >= 11 is 4.59. The fraction of sp³-hybridized carbons (Fsp3) is 0.588. The molecule has 1 atom stereocenters. The van der Waals surface area contributed by atoms with Crippen LogP contribution >= 0.6 is 12.2 Å². The van der Waals surface area contributed by atoms with Crippen molar-refractivity contribution < 1.29 is 9.47 Å². The summed E-state index contributed by atoms with van der Waals surface area (Å²) < 4.78 is 11.7. The molecule has 1 saturated heterocycles. The molecule has 0 amide bonds. The highest BCUT2D eigenvalue weighted by molar-refractivity contribution is 7.78. The first kappa shape index (κ1) is 16.3. The molecule has 1 unspecified atom stereocenters. The van der Waals surface area contributed by atoms with Crippen molar-refractivity contribution in [3.63, 3.8) is 0 Å². The average molecular weight is 305 g/mol. The molecule has 1 aliphatic rings. The average Bonchev–Trinajstić information content (AvgIpc) is 2.54. The number of hydrogen-bond acceptors (Lipinski definition) is 4. The maximum Gasteiger partial charge on any atom is 0.183 e. The minimum Gasteiger partial charge on any atom is -0.348 e. The first-order chi connectivity index (χ1) is 10.2. The standard InChI is InChI=1S/C17H23NO2S/c1-3-13(2)4-5-14-10-19-17(20-11-14)15-6-8-16(9-7-15)18-12-21/h6-9,13-14,17H,3-5,10-11H2,1-2H3. The summed E-state index contributed by atoms with van der Waals surface area (Å²) in [7, 11) is 0. The third kappa shape index (κ3) is 5.01. The summed E-state index contributed by atoms with van der Waals surface area (Å²) in [6, 6.07) is 7.73. The Balaban J connectivity index is 1.81. The number of thiocarbonyl (C=S) groups is 1. The Hall–Kier alpha value is -1.06. The van der Waals surface area contributed by atoms with E-state index in [1.165, 1.54) is 19.3 Å². The summed E-state index contributed by atoms with van der Waals surface area (Å²) in [5, 5.41) is 2.36. The van der Waals surface area contributed by atoms with Crippen LogP contribution in [0, 0.1) is 11.8 Å². The first-order valence-corrected chi connectivity index (χ1v) is 8.04. The summed E-state index contributed by atoms with van der Waals surface area (Å²) in [4.78, 5) is 3.94. The normalized spacial score (nSPS) is 23.3. The zero-order valence-electron chi connectivity index (χ0n) is 12.7. The van der Waals surface area contributed by atoms with E-state index in [0.717, 1.165) is 30.4 Å². The Kier molecular flexibility index (Phi) is 6.52. The van der Waals surface area contributed by atoms with Gasteiger partial charge in [0, 0.05) is 11.5 Å². The number of nitrogens with zero attached hydrogens (tertiary/aromatic N) is 1. The lowest BCUT2D eigenvalue weighted by molar-refractivity contribution is -0.206. The van der Waals surface area contributed by atoms with Gasteiger partial charge in [-0.1, -0.05) is 38.8 Å². The van der Waals surface area contributed by atoms with E-state index in [1.54, 1.807) is 0 Å². The van der Waals surface area contributed by atoms with Gasteiger partial charge in [0.25, 0.3) is 0 Å². The smallest absolute Gasteiger partial charge is 0.183 e. The van der Waals surface area contributed by atoms with Gasteiger partial charge in [-0.15, -0.1) is 0 Å². The van der Waals surface area contributed by atoms with E-state index in [4.69, 9.17) is 9.47 Å². The lowest BCUT2D eigenvalue weighted by atomic mass is 9.96. The molecule has 2 rings (SSSR count). The van der Waals surface area contributed by atoms with Crippen LogP contribution in [0.3, 0.4) is 0 Å². The third-order valence-corrected chi connectivity index (χ3v) is 4.16. The zero-order valence-corrected chi connectivity index (χ0v) is 13.6. The van der Waals surface area contributed by atoms with E-state index in [2.05, 4.69) is 36.2 Å². The summed E-state index contributed by atoms with van der Waals surface area (Å²) in [5.74, 6) is 1.31. The molecule has 1 aromatic carbocycles. The minimum atomic E-state index is -0.254. The van der Waals surface area contributed by atoms with Gasteiger partial charge < -0.3 is 9.47 Å². The Labute approximate surface area is 132 Å². The Morgan fingerprint density at radius 3 is 2.52 bits per heavy atom. The molecule has 4 heteroatoms. The molecule has 1 fully saturated rings. The molecule has 0 N–H and O–H groups in total. The molecule has 0 aromatic heterocycles. The largest absolute Gasteiger partial charge is 0.348 e. The van der Waals surface area contributed by atoms with Crippen LogP contribution in [-0.4, -0.2) is 18.4 Å². The molecule has 1 heterocycles. The Morgan fingerprint density at radius 1 is 1.29 bits per heavy atom. The van der Waals surface area contributed by atoms with Crippen LogP contribution in [-0.2, 0) is 9.47 Å². The van der Waals surface area contributed by atoms with Gasteiger partial charge in [-0.3, -0.25) is 0 Å². The molecule has 0 saturated carbocycles. The molecular weight excluding hydrogens is 282 g/mol. The Morgan fingerprint density at radius 2 is 1.95 bits per heavy atom. The van der Waals surface area contributed by atoms with Gasteiger partial charge in [-0.25, -0.2) is 0 Å². The molecule has 1 aliphatic heterocycles. The predicted molar refractivity (Wildman–Crippen MR) is 88.0 cm³/mol. The number of benzene rings is 1. The van der Waals surface area contributed by atoms with Crippen molar-refractivity contribution in [2.45, 2.75) is 39.4 Å². The topological polar surface area (TPSA) is 30.8 Å². The van der Waals surface area contributed by atoms with Crippen LogP contribution in [0.4, 0.5) is 5.69 Å². The van der Waals surface area contributed by atoms with Gasteiger partial charge in [0.2, 0.25) is 0 Å². The summed E-state index contributed by atoms with van der Waals surface area (Å²) in [6.07, 6.45) is 3.43. The Bertz CT molecular complexity index is 474. The number of ether oxygens (including phenoxy) is 2. The van der Waals surface area contributed by atoms with E-state index in [-0.39, 0.29) is 6.29 Å². The maximum atomic E-state index is 5.85. The number of aliphatic imine (C=N–C) groups is 1. The minimum absolute atomic E-state index is 0.254. The highest BCUT2D eigenvalue weighted by atomic mass is 32.1. The van der Waals surface area contributed by atoms with Gasteiger partial charge >= 0.3 is 0 Å². The molecule has 114 valence electrons. The van der Waals surface area contributed by atoms with Crippen molar-refractivity contribution >= 4 is 23.1 Å². The lowest BCUT2D eigenvalue weighted by Crippen LogP contribution is -2.27. The lowest BCUT2D eigenvalue weighted by Gasteiger charge is -2.30. The highest BCUT2D eigenvalue weighted by Crippen LogP contribution is 2.28. The molecule has 0 radical (unpaired) electrons. The second-order valence-corrected chi connectivity index (χ2v) is 5.93. The predicted octanol–water partition coefficient (Wildman–Crippen LogP) is 4.91. The van der Waals surface area contributed by atoms with Crippen molar-refractivity contribution in [1.29, 1.82) is 0 Å². The van der Waals surface area contributed by atoms with Gasteiger partial charge in [-0.05, 0) is 36.7 Å². The summed E-state index contributed by atoms with van der Waals surface area (Å²) in [6.45, 7) is 6.10. The molecule has 1 aromatic rings. The highest BCUT2D eigenvalue weighted by Gasteiger charge is 2.23. The number of hydrogen-bond donors (Lipinski definition) is 0. The van der Waals surface area contributed by atoms with E-state index in [9.17, 15) is 0 Å². The van der Waals surface area contributed by atoms with Gasteiger partial charge in [0.1, 0.15) is 0 Å². The second-order valence-electron chi connectivity index (χ2n) is 5.75. The van der Waals surface area contributed by atoms with Crippen LogP contribution in [0.25, 0.3) is 0 Å². The van der Waals surface area contributed by atoms with Crippen molar-refractivity contribution in [3.8, 4) is 0 Å². The third-order valence-electron chi connectivity index (χ3n) is 4.07. The van der Waals surface area contributed by atoms with Crippen molar-refractivity contribution in [2.75, 3.05) is 13.2 Å². The molecule has 0 bridgehead atoms. The summed E-state index contributed by atoms with van der Waals surface area (Å²) in [5.41, 5.74) is 1.83. The zero-order chi connectivity index (χ0) is 15.1. The maximum absolute atomic E-state index is 5.85. The second kappa shape index (κ2) is 8.40. The molecule has 3 nitrogen and oxygen atoms in total.